The summed E-state index contributed by atoms with van der Waals surface area (Å²) in [4.78, 5) is 0. The first-order chi connectivity index (χ1) is 6.88. The molecule has 0 bridgehead atoms. The molecule has 0 aliphatic rings. The number of aromatic nitrogens is 1. The van der Waals surface area contributed by atoms with Crippen molar-refractivity contribution in [2.24, 2.45) is 0 Å². The van der Waals surface area contributed by atoms with Crippen LogP contribution in [0.25, 0.3) is 21.8 Å². The summed E-state index contributed by atoms with van der Waals surface area (Å²) in [5.41, 5.74) is 1.71. The first kappa shape index (κ1) is 9.87. The normalized spacial score (nSPS) is 10.4. The third kappa shape index (κ3) is 1.26. The molecule has 0 saturated carbocycles. The predicted octanol–water partition coefficient (Wildman–Crippen LogP) is 3.45. The number of halogens is 1. The average molecular weight is 220 g/mol. The van der Waals surface area contributed by atoms with Crippen LogP contribution in [0.3, 0.4) is 0 Å². The standard InChI is InChI=1S/C12H9NO.ClH/c14-13-11-7-3-1-5-9(11)10-6-2-4-8-12(10)13;/h1-8,14H;1H. The highest BCUT2D eigenvalue weighted by atomic mass is 35.5. The van der Waals surface area contributed by atoms with Crippen molar-refractivity contribution in [2.45, 2.75) is 0 Å². The molecular weight excluding hydrogens is 210 g/mol. The quantitative estimate of drug-likeness (QED) is 0.576. The molecule has 15 heavy (non-hydrogen) atoms. The van der Waals surface area contributed by atoms with E-state index in [1.807, 2.05) is 48.5 Å². The fourth-order valence-corrected chi connectivity index (χ4v) is 1.90. The van der Waals surface area contributed by atoms with Gasteiger partial charge in [0, 0.05) is 10.8 Å². The van der Waals surface area contributed by atoms with Crippen LogP contribution in [-0.4, -0.2) is 9.94 Å². The van der Waals surface area contributed by atoms with Crippen molar-refractivity contribution in [3.05, 3.63) is 48.5 Å². The molecule has 1 heterocycles. The van der Waals surface area contributed by atoms with Crippen molar-refractivity contribution in [3.63, 3.8) is 0 Å². The SMILES string of the molecule is Cl.On1c2ccccc2c2ccccc21. The van der Waals surface area contributed by atoms with E-state index in [0.29, 0.717) is 0 Å². The van der Waals surface area contributed by atoms with Gasteiger partial charge < -0.3 is 5.21 Å². The summed E-state index contributed by atoms with van der Waals surface area (Å²) < 4.78 is 1.24. The Morgan fingerprint density at radius 2 is 1.13 bits per heavy atom. The molecule has 0 radical (unpaired) electrons. The second kappa shape index (κ2) is 3.48. The highest BCUT2D eigenvalue weighted by molar-refractivity contribution is 6.07. The van der Waals surface area contributed by atoms with Crippen molar-refractivity contribution < 1.29 is 5.21 Å². The van der Waals surface area contributed by atoms with Crippen LogP contribution >= 0.6 is 12.4 Å². The Morgan fingerprint density at radius 1 is 0.733 bits per heavy atom. The summed E-state index contributed by atoms with van der Waals surface area (Å²) in [6.45, 7) is 0. The van der Waals surface area contributed by atoms with Crippen molar-refractivity contribution in [2.75, 3.05) is 0 Å². The van der Waals surface area contributed by atoms with Gasteiger partial charge in [-0.15, -0.1) is 12.4 Å². The lowest BCUT2D eigenvalue weighted by Gasteiger charge is -1.94. The fourth-order valence-electron chi connectivity index (χ4n) is 1.90. The molecule has 0 aliphatic carbocycles. The van der Waals surface area contributed by atoms with Gasteiger partial charge in [-0.2, -0.15) is 4.73 Å². The van der Waals surface area contributed by atoms with Gasteiger partial charge in [-0.05, 0) is 12.1 Å². The number of fused-ring (bicyclic) bond motifs is 3. The van der Waals surface area contributed by atoms with Gasteiger partial charge in [0.2, 0.25) is 0 Å². The molecule has 2 nitrogen and oxygen atoms in total. The van der Waals surface area contributed by atoms with Gasteiger partial charge >= 0.3 is 0 Å². The van der Waals surface area contributed by atoms with Gasteiger partial charge in [-0.25, -0.2) is 0 Å². The number of hydrogen-bond donors (Lipinski definition) is 1. The second-order valence-electron chi connectivity index (χ2n) is 3.35. The average Bonchev–Trinajstić information content (AvgIpc) is 2.55. The maximum absolute atomic E-state index is 9.87. The highest BCUT2D eigenvalue weighted by Gasteiger charge is 2.06. The molecular formula is C12H10ClNO. The zero-order valence-corrected chi connectivity index (χ0v) is 8.74. The van der Waals surface area contributed by atoms with Gasteiger partial charge in [0.05, 0.1) is 11.0 Å². The van der Waals surface area contributed by atoms with Crippen molar-refractivity contribution in [1.82, 2.24) is 4.73 Å². The van der Waals surface area contributed by atoms with Crippen LogP contribution in [0, 0.1) is 0 Å². The molecule has 0 unspecified atom stereocenters. The Bertz CT molecular complexity index is 562. The largest absolute Gasteiger partial charge is 0.428 e. The molecule has 0 fully saturated rings. The molecule has 1 aromatic heterocycles. The predicted molar refractivity (Wildman–Crippen MR) is 63.9 cm³/mol. The molecule has 0 spiro atoms. The Kier molecular flexibility index (Phi) is 2.29. The molecule has 2 aromatic carbocycles. The minimum Gasteiger partial charge on any atom is -0.428 e. The summed E-state index contributed by atoms with van der Waals surface area (Å²) in [5.74, 6) is 0. The number of para-hydroxylation sites is 2. The van der Waals surface area contributed by atoms with E-state index in [9.17, 15) is 5.21 Å². The second-order valence-corrected chi connectivity index (χ2v) is 3.35. The van der Waals surface area contributed by atoms with Gasteiger partial charge in [0.25, 0.3) is 0 Å². The van der Waals surface area contributed by atoms with Gasteiger partial charge in [-0.1, -0.05) is 36.4 Å². The summed E-state index contributed by atoms with van der Waals surface area (Å²) in [7, 11) is 0. The number of benzene rings is 2. The van der Waals surface area contributed by atoms with Crippen LogP contribution in [0.15, 0.2) is 48.5 Å². The summed E-state index contributed by atoms with van der Waals surface area (Å²) in [5, 5.41) is 12.0. The molecule has 0 saturated heterocycles. The number of hydrogen-bond acceptors (Lipinski definition) is 1. The molecule has 3 heteroatoms. The van der Waals surface area contributed by atoms with Crippen LogP contribution in [0.1, 0.15) is 0 Å². The lowest BCUT2D eigenvalue weighted by atomic mass is 10.2. The van der Waals surface area contributed by atoms with Crippen LogP contribution in [0.5, 0.6) is 0 Å². The minimum atomic E-state index is 0. The van der Waals surface area contributed by atoms with E-state index in [1.54, 1.807) is 0 Å². The van der Waals surface area contributed by atoms with E-state index in [1.165, 1.54) is 4.73 Å². The minimum absolute atomic E-state index is 0. The van der Waals surface area contributed by atoms with E-state index < -0.39 is 0 Å². The monoisotopic (exact) mass is 219 g/mol. The van der Waals surface area contributed by atoms with Crippen molar-refractivity contribution in [1.29, 1.82) is 0 Å². The van der Waals surface area contributed by atoms with Crippen LogP contribution in [0.4, 0.5) is 0 Å². The van der Waals surface area contributed by atoms with Crippen molar-refractivity contribution in [3.8, 4) is 0 Å². The van der Waals surface area contributed by atoms with Gasteiger partial charge in [-0.3, -0.25) is 0 Å². The molecule has 0 amide bonds. The summed E-state index contributed by atoms with van der Waals surface area (Å²) >= 11 is 0. The zero-order valence-electron chi connectivity index (χ0n) is 7.92. The number of rotatable bonds is 0. The smallest absolute Gasteiger partial charge is 0.0879 e. The van der Waals surface area contributed by atoms with E-state index >= 15 is 0 Å². The lowest BCUT2D eigenvalue weighted by Crippen LogP contribution is -1.87. The number of nitrogens with zero attached hydrogens (tertiary/aromatic N) is 1. The Hall–Kier alpha value is -1.67. The van der Waals surface area contributed by atoms with E-state index in [2.05, 4.69) is 0 Å². The van der Waals surface area contributed by atoms with Crippen molar-refractivity contribution >= 4 is 34.2 Å². The molecule has 1 N–H and O–H groups in total. The van der Waals surface area contributed by atoms with E-state index in [0.717, 1.165) is 21.8 Å². The van der Waals surface area contributed by atoms with Crippen LogP contribution in [-0.2, 0) is 0 Å². The first-order valence-corrected chi connectivity index (χ1v) is 4.55. The maximum Gasteiger partial charge on any atom is 0.0879 e. The van der Waals surface area contributed by atoms with Crippen LogP contribution < -0.4 is 0 Å². The third-order valence-corrected chi connectivity index (χ3v) is 2.55. The van der Waals surface area contributed by atoms with Gasteiger partial charge in [0.1, 0.15) is 0 Å². The summed E-state index contributed by atoms with van der Waals surface area (Å²) in [6, 6.07) is 15.7. The zero-order chi connectivity index (χ0) is 9.54. The third-order valence-electron chi connectivity index (χ3n) is 2.55. The van der Waals surface area contributed by atoms with Crippen LogP contribution in [0.2, 0.25) is 0 Å². The maximum atomic E-state index is 9.87. The van der Waals surface area contributed by atoms with E-state index in [-0.39, 0.29) is 12.4 Å². The Balaban J connectivity index is 0.000000853. The molecule has 0 aliphatic heterocycles. The summed E-state index contributed by atoms with van der Waals surface area (Å²) in [6.07, 6.45) is 0. The molecule has 76 valence electrons. The molecule has 3 aromatic rings. The topological polar surface area (TPSA) is 25.2 Å². The fraction of sp³-hybridized carbons (Fsp3) is 0. The molecule has 3 rings (SSSR count). The first-order valence-electron chi connectivity index (χ1n) is 4.55. The highest BCUT2D eigenvalue weighted by Crippen LogP contribution is 2.26. The lowest BCUT2D eigenvalue weighted by molar-refractivity contribution is 0.213. The molecule has 0 atom stereocenters. The van der Waals surface area contributed by atoms with E-state index in [4.69, 9.17) is 0 Å². The Morgan fingerprint density at radius 3 is 1.60 bits per heavy atom. The van der Waals surface area contributed by atoms with Gasteiger partial charge in [0.15, 0.2) is 0 Å². The Labute approximate surface area is 93.1 Å².